The van der Waals surface area contributed by atoms with Gasteiger partial charge in [-0.15, -0.1) is 5.10 Å². The van der Waals surface area contributed by atoms with Gasteiger partial charge in [0, 0.05) is 20.2 Å². The van der Waals surface area contributed by atoms with E-state index in [0.29, 0.717) is 12.1 Å². The topological polar surface area (TPSA) is 69.0 Å². The Hall–Kier alpha value is -1.27. The number of ketones is 1. The molecule has 1 aliphatic rings. The fourth-order valence-electron chi connectivity index (χ4n) is 2.09. The van der Waals surface area contributed by atoms with Gasteiger partial charge in [-0.2, -0.15) is 0 Å². The number of Topliss-reactive ketones (excluding diaryl/α,β-unsaturated/α-hetero) is 1. The fraction of sp³-hybridized carbons (Fsp3) is 0.727. The van der Waals surface area contributed by atoms with E-state index in [9.17, 15) is 4.79 Å². The van der Waals surface area contributed by atoms with E-state index in [1.54, 1.807) is 18.0 Å². The molecule has 2 atom stereocenters. The van der Waals surface area contributed by atoms with Gasteiger partial charge in [-0.1, -0.05) is 12.1 Å². The second-order valence-corrected chi connectivity index (χ2v) is 4.26. The lowest BCUT2D eigenvalue weighted by atomic mass is 10.1. The molecule has 2 unspecified atom stereocenters. The summed E-state index contributed by atoms with van der Waals surface area (Å²) in [7, 11) is 1.67. The first-order valence-corrected chi connectivity index (χ1v) is 5.95. The number of rotatable bonds is 5. The van der Waals surface area contributed by atoms with E-state index in [1.165, 1.54) is 0 Å². The highest BCUT2D eigenvalue weighted by molar-refractivity contribution is 5.98. The number of carbonyl (C=O) groups is 1. The minimum Gasteiger partial charge on any atom is -0.380 e. The van der Waals surface area contributed by atoms with Crippen molar-refractivity contribution in [2.45, 2.75) is 38.5 Å². The van der Waals surface area contributed by atoms with Gasteiger partial charge in [0.15, 0.2) is 5.78 Å². The maximum Gasteiger partial charge on any atom is 0.199 e. The standard InChI is InChI=1S/C11H18N4O2/c1-3-4-15-10(7-13-14-15)11(16)9-5-8(17-2)6-12-9/h7-9,12H,3-6H2,1-2H3. The SMILES string of the molecule is CCCn1nncc1C(=O)C1CC(OC)CN1. The largest absolute Gasteiger partial charge is 0.380 e. The molecule has 1 saturated heterocycles. The molecule has 0 spiro atoms. The first-order chi connectivity index (χ1) is 8.26. The highest BCUT2D eigenvalue weighted by Crippen LogP contribution is 2.14. The number of hydrogen-bond donors (Lipinski definition) is 1. The van der Waals surface area contributed by atoms with E-state index in [2.05, 4.69) is 15.6 Å². The van der Waals surface area contributed by atoms with Gasteiger partial charge in [0.1, 0.15) is 5.69 Å². The van der Waals surface area contributed by atoms with Gasteiger partial charge in [-0.25, -0.2) is 4.68 Å². The Morgan fingerprint density at radius 1 is 1.71 bits per heavy atom. The zero-order chi connectivity index (χ0) is 12.3. The second kappa shape index (κ2) is 5.37. The van der Waals surface area contributed by atoms with Crippen LogP contribution in [0.2, 0.25) is 0 Å². The minimum absolute atomic E-state index is 0.0583. The third-order valence-electron chi connectivity index (χ3n) is 3.05. The number of hydrogen-bond acceptors (Lipinski definition) is 5. The van der Waals surface area contributed by atoms with E-state index < -0.39 is 0 Å². The van der Waals surface area contributed by atoms with Crippen LogP contribution in [0.1, 0.15) is 30.3 Å². The van der Waals surface area contributed by atoms with Crippen molar-refractivity contribution >= 4 is 5.78 Å². The quantitative estimate of drug-likeness (QED) is 0.745. The zero-order valence-electron chi connectivity index (χ0n) is 10.2. The normalized spacial score (nSPS) is 24.1. The molecule has 2 rings (SSSR count). The van der Waals surface area contributed by atoms with Crippen molar-refractivity contribution in [3.8, 4) is 0 Å². The summed E-state index contributed by atoms with van der Waals surface area (Å²) in [5, 5.41) is 10.9. The monoisotopic (exact) mass is 238 g/mol. The lowest BCUT2D eigenvalue weighted by Gasteiger charge is -2.09. The Balaban J connectivity index is 2.06. The smallest absolute Gasteiger partial charge is 0.199 e. The Labute approximate surface area is 100 Å². The van der Waals surface area contributed by atoms with Crippen LogP contribution < -0.4 is 5.32 Å². The molecular formula is C11H18N4O2. The number of aromatic nitrogens is 3. The van der Waals surface area contributed by atoms with Crippen LogP contribution in [0, 0.1) is 0 Å². The third-order valence-corrected chi connectivity index (χ3v) is 3.05. The van der Waals surface area contributed by atoms with Crippen LogP contribution in [-0.2, 0) is 11.3 Å². The van der Waals surface area contributed by atoms with Crippen molar-refractivity contribution in [3.63, 3.8) is 0 Å². The molecule has 0 saturated carbocycles. The van der Waals surface area contributed by atoms with E-state index in [-0.39, 0.29) is 17.9 Å². The number of carbonyl (C=O) groups excluding carboxylic acids is 1. The first kappa shape index (κ1) is 12.2. The zero-order valence-corrected chi connectivity index (χ0v) is 10.2. The summed E-state index contributed by atoms with van der Waals surface area (Å²) in [6, 6.07) is -0.172. The average Bonchev–Trinajstić information content (AvgIpc) is 2.97. The summed E-state index contributed by atoms with van der Waals surface area (Å²) in [5.74, 6) is 0.0583. The van der Waals surface area contributed by atoms with Gasteiger partial charge in [0.25, 0.3) is 0 Å². The number of ether oxygens (including phenoxy) is 1. The van der Waals surface area contributed by atoms with Gasteiger partial charge in [-0.3, -0.25) is 4.79 Å². The molecule has 17 heavy (non-hydrogen) atoms. The second-order valence-electron chi connectivity index (χ2n) is 4.26. The predicted molar refractivity (Wildman–Crippen MR) is 61.8 cm³/mol. The lowest BCUT2D eigenvalue weighted by Crippen LogP contribution is -2.32. The number of nitrogens with one attached hydrogen (secondary N) is 1. The van der Waals surface area contributed by atoms with Crippen LogP contribution in [0.15, 0.2) is 6.20 Å². The molecule has 2 heterocycles. The van der Waals surface area contributed by atoms with Gasteiger partial charge < -0.3 is 10.1 Å². The van der Waals surface area contributed by atoms with Crippen molar-refractivity contribution in [3.05, 3.63) is 11.9 Å². The molecule has 0 amide bonds. The molecule has 1 aliphatic heterocycles. The predicted octanol–water partition coefficient (Wildman–Crippen LogP) is 0.248. The Bertz CT molecular complexity index is 391. The minimum atomic E-state index is -0.172. The van der Waals surface area contributed by atoms with Crippen molar-refractivity contribution in [2.24, 2.45) is 0 Å². The summed E-state index contributed by atoms with van der Waals surface area (Å²) in [4.78, 5) is 12.2. The van der Waals surface area contributed by atoms with E-state index in [4.69, 9.17) is 4.74 Å². The summed E-state index contributed by atoms with van der Waals surface area (Å²) in [6.07, 6.45) is 3.31. The average molecular weight is 238 g/mol. The molecular weight excluding hydrogens is 220 g/mol. The fourth-order valence-corrected chi connectivity index (χ4v) is 2.09. The van der Waals surface area contributed by atoms with Crippen LogP contribution in [-0.4, -0.2) is 46.6 Å². The van der Waals surface area contributed by atoms with Crippen molar-refractivity contribution < 1.29 is 9.53 Å². The lowest BCUT2D eigenvalue weighted by molar-refractivity contribution is 0.0908. The van der Waals surface area contributed by atoms with Crippen molar-refractivity contribution in [2.75, 3.05) is 13.7 Å². The Morgan fingerprint density at radius 2 is 2.53 bits per heavy atom. The summed E-state index contributed by atoms with van der Waals surface area (Å²) >= 11 is 0. The number of aryl methyl sites for hydroxylation is 1. The van der Waals surface area contributed by atoms with Gasteiger partial charge >= 0.3 is 0 Å². The molecule has 1 aromatic rings. The number of nitrogens with zero attached hydrogens (tertiary/aromatic N) is 3. The van der Waals surface area contributed by atoms with Gasteiger partial charge in [-0.05, 0) is 12.8 Å². The molecule has 0 bridgehead atoms. The van der Waals surface area contributed by atoms with Crippen LogP contribution in [0.3, 0.4) is 0 Å². The number of methoxy groups -OCH3 is 1. The molecule has 1 N–H and O–H groups in total. The Morgan fingerprint density at radius 3 is 3.18 bits per heavy atom. The molecule has 0 aliphatic carbocycles. The van der Waals surface area contributed by atoms with E-state index in [0.717, 1.165) is 19.5 Å². The molecule has 6 nitrogen and oxygen atoms in total. The summed E-state index contributed by atoms with van der Waals surface area (Å²) < 4.78 is 6.90. The molecule has 0 aromatic carbocycles. The molecule has 1 aromatic heterocycles. The summed E-state index contributed by atoms with van der Waals surface area (Å²) in [5.41, 5.74) is 0.584. The first-order valence-electron chi connectivity index (χ1n) is 5.95. The summed E-state index contributed by atoms with van der Waals surface area (Å²) in [6.45, 7) is 3.49. The molecule has 0 radical (unpaired) electrons. The highest BCUT2D eigenvalue weighted by atomic mass is 16.5. The molecule has 6 heteroatoms. The molecule has 94 valence electrons. The van der Waals surface area contributed by atoms with Crippen LogP contribution in [0.25, 0.3) is 0 Å². The van der Waals surface area contributed by atoms with Crippen molar-refractivity contribution in [1.29, 1.82) is 0 Å². The van der Waals surface area contributed by atoms with Gasteiger partial charge in [0.2, 0.25) is 0 Å². The van der Waals surface area contributed by atoms with E-state index >= 15 is 0 Å². The van der Waals surface area contributed by atoms with Crippen molar-refractivity contribution in [1.82, 2.24) is 20.3 Å². The molecule has 1 fully saturated rings. The Kier molecular flexibility index (Phi) is 3.86. The maximum absolute atomic E-state index is 12.2. The van der Waals surface area contributed by atoms with Crippen LogP contribution in [0.4, 0.5) is 0 Å². The van der Waals surface area contributed by atoms with E-state index in [1.807, 2.05) is 6.92 Å². The maximum atomic E-state index is 12.2. The van der Waals surface area contributed by atoms with Gasteiger partial charge in [0.05, 0.1) is 18.3 Å². The third kappa shape index (κ3) is 2.53. The van der Waals surface area contributed by atoms with Crippen LogP contribution >= 0.6 is 0 Å². The highest BCUT2D eigenvalue weighted by Gasteiger charge is 2.31. The van der Waals surface area contributed by atoms with Crippen LogP contribution in [0.5, 0.6) is 0 Å².